The van der Waals surface area contributed by atoms with Gasteiger partial charge in [0.25, 0.3) is 0 Å². The molecule has 1 aliphatic carbocycles. The van der Waals surface area contributed by atoms with Crippen molar-refractivity contribution in [2.45, 2.75) is 39.2 Å². The largest absolute Gasteiger partial charge is 0.329 e. The van der Waals surface area contributed by atoms with Crippen molar-refractivity contribution in [3.05, 3.63) is 0 Å². The molecule has 0 radical (unpaired) electrons. The van der Waals surface area contributed by atoms with Gasteiger partial charge in [-0.15, -0.1) is 0 Å². The Bertz CT molecular complexity index is 238. The van der Waals surface area contributed by atoms with Crippen LogP contribution in [0.4, 0.5) is 0 Å². The van der Waals surface area contributed by atoms with E-state index in [2.05, 4.69) is 18.0 Å². The van der Waals surface area contributed by atoms with Gasteiger partial charge in [0.15, 0.2) is 0 Å². The minimum absolute atomic E-state index is 0.211. The lowest BCUT2D eigenvalue weighted by Crippen LogP contribution is -2.41. The molecule has 0 aromatic rings. The Morgan fingerprint density at radius 3 is 2.53 bits per heavy atom. The van der Waals surface area contributed by atoms with Gasteiger partial charge in [0.05, 0.1) is 11.5 Å². The zero-order valence-corrected chi connectivity index (χ0v) is 10.2. The maximum Gasteiger partial charge on any atom is 0.0684 e. The van der Waals surface area contributed by atoms with Crippen LogP contribution in [0.2, 0.25) is 0 Å². The zero-order valence-electron chi connectivity index (χ0n) is 10.2. The summed E-state index contributed by atoms with van der Waals surface area (Å²) in [7, 11) is 2.13. The van der Waals surface area contributed by atoms with E-state index >= 15 is 0 Å². The van der Waals surface area contributed by atoms with E-state index in [0.29, 0.717) is 6.04 Å². The monoisotopic (exact) mass is 209 g/mol. The molecule has 0 bridgehead atoms. The zero-order chi connectivity index (χ0) is 11.5. The minimum Gasteiger partial charge on any atom is -0.329 e. The molecule has 0 saturated heterocycles. The van der Waals surface area contributed by atoms with Crippen molar-refractivity contribution in [1.82, 2.24) is 4.90 Å². The van der Waals surface area contributed by atoms with Gasteiger partial charge in [0.2, 0.25) is 0 Å². The Balaban J connectivity index is 2.34. The summed E-state index contributed by atoms with van der Waals surface area (Å²) in [5.41, 5.74) is 5.57. The molecule has 0 amide bonds. The number of nitrogens with two attached hydrogens (primary N) is 1. The molecule has 0 aromatic heterocycles. The van der Waals surface area contributed by atoms with Gasteiger partial charge < -0.3 is 10.6 Å². The number of likely N-dealkylation sites (N-methyl/N-ethyl adjacent to an activating group) is 1. The van der Waals surface area contributed by atoms with Crippen LogP contribution >= 0.6 is 0 Å². The Labute approximate surface area is 93.2 Å². The van der Waals surface area contributed by atoms with Crippen molar-refractivity contribution in [3.8, 4) is 6.07 Å². The SMILES string of the molecule is CN(CCC(C)(C)C#N)C(CN)C1CC1. The third kappa shape index (κ3) is 3.81. The average molecular weight is 209 g/mol. The molecule has 15 heavy (non-hydrogen) atoms. The molecule has 0 aliphatic heterocycles. The molecule has 0 heterocycles. The number of hydrogen-bond donors (Lipinski definition) is 1. The van der Waals surface area contributed by atoms with Crippen molar-refractivity contribution >= 4 is 0 Å². The van der Waals surface area contributed by atoms with Crippen molar-refractivity contribution in [2.75, 3.05) is 20.1 Å². The van der Waals surface area contributed by atoms with Crippen LogP contribution in [-0.2, 0) is 0 Å². The Hall–Kier alpha value is -0.590. The second-order valence-corrected chi connectivity index (χ2v) is 5.37. The van der Waals surface area contributed by atoms with Crippen LogP contribution in [-0.4, -0.2) is 31.1 Å². The first-order chi connectivity index (χ1) is 7.00. The summed E-state index contributed by atoms with van der Waals surface area (Å²) in [5, 5.41) is 8.93. The second kappa shape index (κ2) is 4.96. The highest BCUT2D eigenvalue weighted by molar-refractivity contribution is 4.93. The van der Waals surface area contributed by atoms with E-state index in [9.17, 15) is 0 Å². The maximum absolute atomic E-state index is 8.93. The summed E-state index contributed by atoms with van der Waals surface area (Å²) in [6.07, 6.45) is 3.57. The van der Waals surface area contributed by atoms with E-state index < -0.39 is 0 Å². The van der Waals surface area contributed by atoms with Crippen molar-refractivity contribution in [1.29, 1.82) is 5.26 Å². The van der Waals surface area contributed by atoms with Gasteiger partial charge in [-0.2, -0.15) is 5.26 Å². The van der Waals surface area contributed by atoms with Crippen LogP contribution < -0.4 is 5.73 Å². The molecular weight excluding hydrogens is 186 g/mol. The Kier molecular flexibility index (Phi) is 4.12. The molecular formula is C12H23N3. The molecule has 86 valence electrons. The molecule has 1 fully saturated rings. The molecule has 0 aromatic carbocycles. The molecule has 0 spiro atoms. The van der Waals surface area contributed by atoms with Crippen LogP contribution in [0.15, 0.2) is 0 Å². The van der Waals surface area contributed by atoms with Gasteiger partial charge in [-0.3, -0.25) is 0 Å². The third-order valence-electron chi connectivity index (χ3n) is 3.37. The molecule has 1 rings (SSSR count). The van der Waals surface area contributed by atoms with Crippen molar-refractivity contribution < 1.29 is 0 Å². The van der Waals surface area contributed by atoms with Crippen LogP contribution in [0.25, 0.3) is 0 Å². The van der Waals surface area contributed by atoms with Gasteiger partial charge in [-0.05, 0) is 52.6 Å². The summed E-state index contributed by atoms with van der Waals surface area (Å²) < 4.78 is 0. The fraction of sp³-hybridized carbons (Fsp3) is 0.917. The Morgan fingerprint density at radius 1 is 1.53 bits per heavy atom. The molecule has 2 N–H and O–H groups in total. The van der Waals surface area contributed by atoms with E-state index in [1.807, 2.05) is 13.8 Å². The summed E-state index contributed by atoms with van der Waals surface area (Å²) in [4.78, 5) is 2.33. The summed E-state index contributed by atoms with van der Waals surface area (Å²) >= 11 is 0. The molecule has 1 saturated carbocycles. The summed E-state index contributed by atoms with van der Waals surface area (Å²) in [6.45, 7) is 5.71. The number of hydrogen-bond acceptors (Lipinski definition) is 3. The van der Waals surface area contributed by atoms with E-state index in [4.69, 9.17) is 11.0 Å². The van der Waals surface area contributed by atoms with Gasteiger partial charge >= 0.3 is 0 Å². The molecule has 3 nitrogen and oxygen atoms in total. The quantitative estimate of drug-likeness (QED) is 0.723. The van der Waals surface area contributed by atoms with Crippen LogP contribution in [0.3, 0.4) is 0 Å². The lowest BCUT2D eigenvalue weighted by Gasteiger charge is -2.29. The van der Waals surface area contributed by atoms with E-state index in [0.717, 1.165) is 25.4 Å². The van der Waals surface area contributed by atoms with E-state index in [1.54, 1.807) is 0 Å². The summed E-state index contributed by atoms with van der Waals surface area (Å²) in [6, 6.07) is 2.87. The van der Waals surface area contributed by atoms with Crippen molar-refractivity contribution in [3.63, 3.8) is 0 Å². The minimum atomic E-state index is -0.211. The predicted molar refractivity (Wildman–Crippen MR) is 62.2 cm³/mol. The molecule has 1 unspecified atom stereocenters. The number of rotatable bonds is 6. The van der Waals surface area contributed by atoms with Gasteiger partial charge in [0.1, 0.15) is 0 Å². The first kappa shape index (κ1) is 12.5. The maximum atomic E-state index is 8.93. The third-order valence-corrected chi connectivity index (χ3v) is 3.37. The van der Waals surface area contributed by atoms with Crippen LogP contribution in [0.1, 0.15) is 33.1 Å². The molecule has 1 aliphatic rings. The van der Waals surface area contributed by atoms with E-state index in [1.165, 1.54) is 12.8 Å². The van der Waals surface area contributed by atoms with Gasteiger partial charge in [-0.1, -0.05) is 0 Å². The normalized spacial score (nSPS) is 18.9. The highest BCUT2D eigenvalue weighted by Gasteiger charge is 2.33. The van der Waals surface area contributed by atoms with Gasteiger partial charge in [-0.25, -0.2) is 0 Å². The number of nitrogens with zero attached hydrogens (tertiary/aromatic N) is 2. The first-order valence-electron chi connectivity index (χ1n) is 5.82. The van der Waals surface area contributed by atoms with E-state index in [-0.39, 0.29) is 5.41 Å². The number of nitriles is 1. The fourth-order valence-electron chi connectivity index (χ4n) is 1.89. The topological polar surface area (TPSA) is 53.0 Å². The lowest BCUT2D eigenvalue weighted by atomic mass is 9.91. The van der Waals surface area contributed by atoms with Gasteiger partial charge in [0, 0.05) is 12.6 Å². The second-order valence-electron chi connectivity index (χ2n) is 5.37. The van der Waals surface area contributed by atoms with Crippen LogP contribution in [0.5, 0.6) is 0 Å². The molecule has 1 atom stereocenters. The lowest BCUT2D eigenvalue weighted by molar-refractivity contribution is 0.202. The predicted octanol–water partition coefficient (Wildman–Crippen LogP) is 1.60. The average Bonchev–Trinajstić information content (AvgIpc) is 3.00. The standard InChI is InChI=1S/C12H23N3/c1-12(2,9-14)6-7-15(3)11(8-13)10-4-5-10/h10-11H,4-8,13H2,1-3H3. The molecule has 3 heteroatoms. The summed E-state index contributed by atoms with van der Waals surface area (Å²) in [5.74, 6) is 0.810. The smallest absolute Gasteiger partial charge is 0.0684 e. The van der Waals surface area contributed by atoms with Crippen LogP contribution in [0, 0.1) is 22.7 Å². The highest BCUT2D eigenvalue weighted by atomic mass is 15.1. The first-order valence-corrected chi connectivity index (χ1v) is 5.82. The van der Waals surface area contributed by atoms with Crippen molar-refractivity contribution in [2.24, 2.45) is 17.1 Å². The highest BCUT2D eigenvalue weighted by Crippen LogP contribution is 2.34. The fourth-order valence-corrected chi connectivity index (χ4v) is 1.89. The Morgan fingerprint density at radius 2 is 2.13 bits per heavy atom.